The fourth-order valence-electron chi connectivity index (χ4n) is 1.43. The standard InChI is InChI=1S/C13H13NO2/c1-2-3-9-15-12-10-16-13(14-12)11-7-5-4-6-8-11/h1,4-8,12H,3,9-10H2. The summed E-state index contributed by atoms with van der Waals surface area (Å²) < 4.78 is 10.9. The van der Waals surface area contributed by atoms with Crippen molar-refractivity contribution in [1.82, 2.24) is 0 Å². The summed E-state index contributed by atoms with van der Waals surface area (Å²) in [7, 11) is 0. The van der Waals surface area contributed by atoms with E-state index in [1.807, 2.05) is 30.3 Å². The van der Waals surface area contributed by atoms with Crippen LogP contribution < -0.4 is 0 Å². The van der Waals surface area contributed by atoms with E-state index in [0.29, 0.717) is 25.5 Å². The van der Waals surface area contributed by atoms with Crippen LogP contribution in [-0.2, 0) is 9.47 Å². The Bertz CT molecular complexity index is 406. The highest BCUT2D eigenvalue weighted by molar-refractivity contribution is 5.94. The summed E-state index contributed by atoms with van der Waals surface area (Å²) in [5, 5.41) is 0. The van der Waals surface area contributed by atoms with Crippen molar-refractivity contribution >= 4 is 5.90 Å². The molecule has 3 nitrogen and oxygen atoms in total. The van der Waals surface area contributed by atoms with Crippen LogP contribution in [0.2, 0.25) is 0 Å². The van der Waals surface area contributed by atoms with Gasteiger partial charge >= 0.3 is 0 Å². The van der Waals surface area contributed by atoms with Crippen LogP contribution in [0, 0.1) is 12.3 Å². The van der Waals surface area contributed by atoms with Crippen LogP contribution >= 0.6 is 0 Å². The number of ether oxygens (including phenoxy) is 2. The molecule has 1 aromatic rings. The summed E-state index contributed by atoms with van der Waals surface area (Å²) >= 11 is 0. The molecule has 1 aliphatic rings. The Morgan fingerprint density at radius 2 is 2.25 bits per heavy atom. The maximum atomic E-state index is 5.46. The minimum absolute atomic E-state index is 0.219. The van der Waals surface area contributed by atoms with Gasteiger partial charge in [0.05, 0.1) is 6.61 Å². The van der Waals surface area contributed by atoms with Crippen LogP contribution in [-0.4, -0.2) is 25.3 Å². The smallest absolute Gasteiger partial charge is 0.218 e. The number of rotatable bonds is 4. The Morgan fingerprint density at radius 3 is 3.00 bits per heavy atom. The predicted octanol–water partition coefficient (Wildman–Crippen LogP) is 1.83. The van der Waals surface area contributed by atoms with Crippen molar-refractivity contribution in [2.24, 2.45) is 4.99 Å². The molecule has 16 heavy (non-hydrogen) atoms. The Kier molecular flexibility index (Phi) is 3.58. The lowest BCUT2D eigenvalue weighted by Gasteiger charge is -2.03. The lowest BCUT2D eigenvalue weighted by Crippen LogP contribution is -2.11. The highest BCUT2D eigenvalue weighted by Crippen LogP contribution is 2.12. The number of aliphatic imine (C=N–C) groups is 1. The third kappa shape index (κ3) is 2.62. The first kappa shape index (κ1) is 10.7. The van der Waals surface area contributed by atoms with E-state index in [9.17, 15) is 0 Å². The van der Waals surface area contributed by atoms with Crippen molar-refractivity contribution in [1.29, 1.82) is 0 Å². The molecule has 0 N–H and O–H groups in total. The van der Waals surface area contributed by atoms with Crippen LogP contribution in [0.1, 0.15) is 12.0 Å². The van der Waals surface area contributed by atoms with Gasteiger partial charge in [0.2, 0.25) is 5.90 Å². The average molecular weight is 215 g/mol. The molecule has 0 spiro atoms. The van der Waals surface area contributed by atoms with Gasteiger partial charge in [-0.3, -0.25) is 0 Å². The van der Waals surface area contributed by atoms with Crippen LogP contribution in [0.4, 0.5) is 0 Å². The predicted molar refractivity (Wildman–Crippen MR) is 62.1 cm³/mol. The molecule has 0 fully saturated rings. The molecule has 0 amide bonds. The molecule has 0 aliphatic carbocycles. The molecule has 1 aliphatic heterocycles. The van der Waals surface area contributed by atoms with E-state index in [0.717, 1.165) is 5.56 Å². The molecule has 1 aromatic carbocycles. The zero-order chi connectivity index (χ0) is 11.2. The van der Waals surface area contributed by atoms with Gasteiger partial charge in [-0.2, -0.15) is 0 Å². The first-order valence-electron chi connectivity index (χ1n) is 5.21. The second kappa shape index (κ2) is 5.34. The van der Waals surface area contributed by atoms with E-state index in [-0.39, 0.29) is 6.23 Å². The third-order valence-electron chi connectivity index (χ3n) is 2.20. The van der Waals surface area contributed by atoms with Crippen molar-refractivity contribution in [2.75, 3.05) is 13.2 Å². The zero-order valence-electron chi connectivity index (χ0n) is 8.93. The van der Waals surface area contributed by atoms with Gasteiger partial charge < -0.3 is 9.47 Å². The van der Waals surface area contributed by atoms with Crippen LogP contribution in [0.3, 0.4) is 0 Å². The molecule has 0 radical (unpaired) electrons. The van der Waals surface area contributed by atoms with Crippen molar-refractivity contribution in [3.05, 3.63) is 35.9 Å². The Labute approximate surface area is 95.1 Å². The molecular formula is C13H13NO2. The fraction of sp³-hybridized carbons (Fsp3) is 0.308. The molecule has 0 saturated heterocycles. The number of hydrogen-bond donors (Lipinski definition) is 0. The zero-order valence-corrected chi connectivity index (χ0v) is 8.93. The molecule has 3 heteroatoms. The SMILES string of the molecule is C#CCCOC1COC(c2ccccc2)=N1. The molecular weight excluding hydrogens is 202 g/mol. The lowest BCUT2D eigenvalue weighted by molar-refractivity contribution is 0.0446. The largest absolute Gasteiger partial charge is 0.473 e. The molecule has 0 saturated carbocycles. The highest BCUT2D eigenvalue weighted by Gasteiger charge is 2.19. The van der Waals surface area contributed by atoms with E-state index in [4.69, 9.17) is 15.9 Å². The van der Waals surface area contributed by atoms with Gasteiger partial charge in [-0.25, -0.2) is 4.99 Å². The fourth-order valence-corrected chi connectivity index (χ4v) is 1.43. The van der Waals surface area contributed by atoms with Gasteiger partial charge in [0, 0.05) is 12.0 Å². The van der Waals surface area contributed by atoms with Crippen molar-refractivity contribution < 1.29 is 9.47 Å². The van der Waals surface area contributed by atoms with E-state index in [1.54, 1.807) is 0 Å². The van der Waals surface area contributed by atoms with Crippen molar-refractivity contribution in [3.8, 4) is 12.3 Å². The molecule has 0 aromatic heterocycles. The van der Waals surface area contributed by atoms with Crippen LogP contribution in [0.15, 0.2) is 35.3 Å². The summed E-state index contributed by atoms with van der Waals surface area (Å²) in [6.07, 6.45) is 5.52. The van der Waals surface area contributed by atoms with E-state index >= 15 is 0 Å². The van der Waals surface area contributed by atoms with Crippen molar-refractivity contribution in [2.45, 2.75) is 12.6 Å². The van der Waals surface area contributed by atoms with Gasteiger partial charge in [-0.1, -0.05) is 18.2 Å². The topological polar surface area (TPSA) is 30.8 Å². The van der Waals surface area contributed by atoms with Crippen LogP contribution in [0.5, 0.6) is 0 Å². The summed E-state index contributed by atoms with van der Waals surface area (Å²) in [4.78, 5) is 4.33. The van der Waals surface area contributed by atoms with E-state index < -0.39 is 0 Å². The average Bonchev–Trinajstić information content (AvgIpc) is 2.79. The number of terminal acetylenes is 1. The molecule has 1 atom stereocenters. The van der Waals surface area contributed by atoms with Gasteiger partial charge in [0.1, 0.15) is 6.61 Å². The maximum absolute atomic E-state index is 5.46. The Morgan fingerprint density at radius 1 is 1.44 bits per heavy atom. The Hall–Kier alpha value is -1.79. The normalized spacial score (nSPS) is 18.7. The summed E-state index contributed by atoms with van der Waals surface area (Å²) in [6, 6.07) is 9.78. The third-order valence-corrected chi connectivity index (χ3v) is 2.20. The van der Waals surface area contributed by atoms with Gasteiger partial charge in [0.25, 0.3) is 0 Å². The summed E-state index contributed by atoms with van der Waals surface area (Å²) in [5.74, 6) is 3.16. The quantitative estimate of drug-likeness (QED) is 0.566. The summed E-state index contributed by atoms with van der Waals surface area (Å²) in [5.41, 5.74) is 0.977. The Balaban J connectivity index is 1.94. The highest BCUT2D eigenvalue weighted by atomic mass is 16.6. The first-order chi connectivity index (χ1) is 7.90. The molecule has 82 valence electrons. The summed E-state index contributed by atoms with van der Waals surface area (Å²) in [6.45, 7) is 0.991. The number of hydrogen-bond acceptors (Lipinski definition) is 3. The van der Waals surface area contributed by atoms with Crippen LogP contribution in [0.25, 0.3) is 0 Å². The van der Waals surface area contributed by atoms with Gasteiger partial charge in [-0.15, -0.1) is 12.3 Å². The molecule has 1 unspecified atom stereocenters. The number of benzene rings is 1. The minimum atomic E-state index is -0.219. The minimum Gasteiger partial charge on any atom is -0.473 e. The van der Waals surface area contributed by atoms with E-state index in [2.05, 4.69) is 10.9 Å². The van der Waals surface area contributed by atoms with Crippen molar-refractivity contribution in [3.63, 3.8) is 0 Å². The van der Waals surface area contributed by atoms with E-state index in [1.165, 1.54) is 0 Å². The monoisotopic (exact) mass is 215 g/mol. The maximum Gasteiger partial charge on any atom is 0.218 e. The first-order valence-corrected chi connectivity index (χ1v) is 5.21. The molecule has 0 bridgehead atoms. The molecule has 1 heterocycles. The second-order valence-corrected chi connectivity index (χ2v) is 3.39. The van der Waals surface area contributed by atoms with Gasteiger partial charge in [0.15, 0.2) is 6.23 Å². The molecule has 2 rings (SSSR count). The second-order valence-electron chi connectivity index (χ2n) is 3.39. The lowest BCUT2D eigenvalue weighted by atomic mass is 10.2. The number of nitrogens with zero attached hydrogens (tertiary/aromatic N) is 1. The van der Waals surface area contributed by atoms with Gasteiger partial charge in [-0.05, 0) is 12.1 Å².